The van der Waals surface area contributed by atoms with Gasteiger partial charge in [-0.3, -0.25) is 19.2 Å². The molecule has 0 aliphatic carbocycles. The molecule has 0 saturated heterocycles. The topological polar surface area (TPSA) is 214 Å². The van der Waals surface area contributed by atoms with E-state index in [4.69, 9.17) is 16.6 Å². The van der Waals surface area contributed by atoms with Crippen LogP contribution in [0.1, 0.15) is 52.4 Å². The molecule has 5 unspecified atom stereocenters. The summed E-state index contributed by atoms with van der Waals surface area (Å²) in [5, 5.41) is 25.5. The quantitative estimate of drug-likeness (QED) is 0.116. The van der Waals surface area contributed by atoms with Crippen molar-refractivity contribution in [1.29, 1.82) is 0 Å². The van der Waals surface area contributed by atoms with Gasteiger partial charge < -0.3 is 37.6 Å². The predicted octanol–water partition coefficient (Wildman–Crippen LogP) is -0.744. The van der Waals surface area contributed by atoms with E-state index in [0.29, 0.717) is 31.6 Å². The fourth-order valence-corrected chi connectivity index (χ4v) is 3.49. The summed E-state index contributed by atoms with van der Waals surface area (Å²) in [7, 11) is 0. The van der Waals surface area contributed by atoms with Crippen LogP contribution in [0.4, 0.5) is 0 Å². The van der Waals surface area contributed by atoms with Gasteiger partial charge in [-0.2, -0.15) is 11.8 Å². The first-order valence-corrected chi connectivity index (χ1v) is 12.7. The molecule has 0 spiro atoms. The Morgan fingerprint density at radius 1 is 0.912 bits per heavy atom. The summed E-state index contributed by atoms with van der Waals surface area (Å²) >= 11 is 1.42. The number of rotatable bonds is 18. The van der Waals surface area contributed by atoms with E-state index < -0.39 is 60.2 Å². The Morgan fingerprint density at radius 3 is 2.03 bits per heavy atom. The van der Waals surface area contributed by atoms with Crippen molar-refractivity contribution in [3.8, 4) is 0 Å². The average molecular weight is 506 g/mol. The van der Waals surface area contributed by atoms with E-state index in [0.717, 1.165) is 6.42 Å². The fraction of sp³-hybridized carbons (Fsp3) is 0.762. The lowest BCUT2D eigenvalue weighted by atomic mass is 9.97. The average Bonchev–Trinajstić information content (AvgIpc) is 2.78. The second-order valence-electron chi connectivity index (χ2n) is 8.10. The van der Waals surface area contributed by atoms with Crippen molar-refractivity contribution >= 4 is 41.4 Å². The van der Waals surface area contributed by atoms with Crippen LogP contribution in [-0.4, -0.2) is 82.6 Å². The van der Waals surface area contributed by atoms with E-state index >= 15 is 0 Å². The van der Waals surface area contributed by atoms with Crippen LogP contribution in [0.3, 0.4) is 0 Å². The molecular formula is C21H39N5O7S. The number of carboxylic acid groups (broad SMARTS) is 2. The maximum absolute atomic E-state index is 13.1. The van der Waals surface area contributed by atoms with Crippen LogP contribution in [0, 0.1) is 5.92 Å². The van der Waals surface area contributed by atoms with E-state index in [1.165, 1.54) is 11.8 Å². The van der Waals surface area contributed by atoms with Crippen molar-refractivity contribution in [2.45, 2.75) is 76.5 Å². The molecule has 0 aliphatic heterocycles. The van der Waals surface area contributed by atoms with Gasteiger partial charge in [-0.05, 0) is 43.7 Å². The minimum absolute atomic E-state index is 0.178. The predicted molar refractivity (Wildman–Crippen MR) is 129 cm³/mol. The van der Waals surface area contributed by atoms with Crippen LogP contribution in [0.15, 0.2) is 0 Å². The molecule has 12 nitrogen and oxygen atoms in total. The van der Waals surface area contributed by atoms with Crippen LogP contribution in [0.2, 0.25) is 0 Å². The number of amides is 3. The number of carbonyl (C=O) groups is 5. The lowest BCUT2D eigenvalue weighted by Crippen LogP contribution is -2.58. The summed E-state index contributed by atoms with van der Waals surface area (Å²) < 4.78 is 0. The normalized spacial score (nSPS) is 15.3. The molecule has 0 rings (SSSR count). The molecule has 0 aromatic rings. The van der Waals surface area contributed by atoms with Gasteiger partial charge in [0, 0.05) is 0 Å². The van der Waals surface area contributed by atoms with Crippen LogP contribution in [-0.2, 0) is 24.0 Å². The molecule has 0 heterocycles. The molecule has 0 saturated carbocycles. The fourth-order valence-electron chi connectivity index (χ4n) is 3.01. The highest BCUT2D eigenvalue weighted by Gasteiger charge is 2.32. The summed E-state index contributed by atoms with van der Waals surface area (Å²) in [6.07, 6.45) is 3.54. The Balaban J connectivity index is 5.45. The smallest absolute Gasteiger partial charge is 0.326 e. The number of carbonyl (C=O) groups excluding carboxylic acids is 3. The monoisotopic (exact) mass is 505 g/mol. The largest absolute Gasteiger partial charge is 0.481 e. The summed E-state index contributed by atoms with van der Waals surface area (Å²) in [5.41, 5.74) is 11.4. The third kappa shape index (κ3) is 12.2. The summed E-state index contributed by atoms with van der Waals surface area (Å²) in [6.45, 7) is 4.11. The first kappa shape index (κ1) is 31.6. The van der Waals surface area contributed by atoms with Gasteiger partial charge in [-0.1, -0.05) is 26.7 Å². The standard InChI is InChI=1S/C21H39N5O7S/c1-4-12(2)17(26-18(29)13(23)7-5-6-9-22)20(31)24-14(8-10-34-3)19(30)25-15(21(32)33)11-16(27)28/h12-15,17H,4-11,22-23H2,1-3H3,(H,24,31)(H,25,30)(H,26,29)(H,27,28)(H,32,33). The number of nitrogens with one attached hydrogen (secondary N) is 3. The first-order valence-electron chi connectivity index (χ1n) is 11.3. The molecular weight excluding hydrogens is 466 g/mol. The Kier molecular flexibility index (Phi) is 15.9. The second kappa shape index (κ2) is 17.1. The minimum Gasteiger partial charge on any atom is -0.481 e. The van der Waals surface area contributed by atoms with Crippen LogP contribution < -0.4 is 27.4 Å². The highest BCUT2D eigenvalue weighted by molar-refractivity contribution is 7.98. The number of nitrogens with two attached hydrogens (primary N) is 2. The van der Waals surface area contributed by atoms with Gasteiger partial charge in [0.1, 0.15) is 18.1 Å². The van der Waals surface area contributed by atoms with E-state index in [2.05, 4.69) is 16.0 Å². The molecule has 0 radical (unpaired) electrons. The van der Waals surface area contributed by atoms with E-state index in [9.17, 15) is 29.1 Å². The van der Waals surface area contributed by atoms with Crippen molar-refractivity contribution in [2.75, 3.05) is 18.6 Å². The van der Waals surface area contributed by atoms with Gasteiger partial charge in [0.05, 0.1) is 12.5 Å². The summed E-state index contributed by atoms with van der Waals surface area (Å²) in [6, 6.07) is -4.53. The molecule has 0 aliphatic rings. The Hall–Kier alpha value is -2.38. The summed E-state index contributed by atoms with van der Waals surface area (Å²) in [4.78, 5) is 60.5. The first-order chi connectivity index (χ1) is 16.0. The summed E-state index contributed by atoms with van der Waals surface area (Å²) in [5.74, 6) is -4.61. The molecule has 13 heteroatoms. The maximum Gasteiger partial charge on any atom is 0.326 e. The molecule has 9 N–H and O–H groups in total. The molecule has 196 valence electrons. The zero-order chi connectivity index (χ0) is 26.3. The van der Waals surface area contributed by atoms with Gasteiger partial charge in [0.25, 0.3) is 0 Å². The van der Waals surface area contributed by atoms with Crippen LogP contribution in [0.25, 0.3) is 0 Å². The van der Waals surface area contributed by atoms with Crippen molar-refractivity contribution in [3.63, 3.8) is 0 Å². The molecule has 34 heavy (non-hydrogen) atoms. The molecule has 0 bridgehead atoms. The van der Waals surface area contributed by atoms with Gasteiger partial charge >= 0.3 is 11.9 Å². The number of hydrogen-bond acceptors (Lipinski definition) is 8. The number of aliphatic carboxylic acids is 2. The van der Waals surface area contributed by atoms with Gasteiger partial charge in [0.15, 0.2) is 0 Å². The van der Waals surface area contributed by atoms with Gasteiger partial charge in [0.2, 0.25) is 17.7 Å². The van der Waals surface area contributed by atoms with E-state index in [1.54, 1.807) is 13.2 Å². The Labute approximate surface area is 204 Å². The van der Waals surface area contributed by atoms with Gasteiger partial charge in [-0.15, -0.1) is 0 Å². The highest BCUT2D eigenvalue weighted by atomic mass is 32.2. The van der Waals surface area contributed by atoms with E-state index in [1.807, 2.05) is 6.92 Å². The SMILES string of the molecule is CCC(C)C(NC(=O)C(N)CCCCN)C(=O)NC(CCSC)C(=O)NC(CC(=O)O)C(=O)O. The molecule has 5 atom stereocenters. The Morgan fingerprint density at radius 2 is 1.53 bits per heavy atom. The van der Waals surface area contributed by atoms with Crippen molar-refractivity contribution in [1.82, 2.24) is 16.0 Å². The third-order valence-electron chi connectivity index (χ3n) is 5.34. The number of carboxylic acids is 2. The maximum atomic E-state index is 13.1. The lowest BCUT2D eigenvalue weighted by molar-refractivity contribution is -0.147. The third-order valence-corrected chi connectivity index (χ3v) is 5.98. The molecule has 0 fully saturated rings. The molecule has 0 aromatic carbocycles. The zero-order valence-electron chi connectivity index (χ0n) is 20.0. The van der Waals surface area contributed by atoms with Crippen molar-refractivity contribution in [2.24, 2.45) is 17.4 Å². The Bertz CT molecular complexity index is 694. The van der Waals surface area contributed by atoms with Gasteiger partial charge in [-0.25, -0.2) is 4.79 Å². The van der Waals surface area contributed by atoms with Crippen molar-refractivity contribution < 1.29 is 34.2 Å². The lowest BCUT2D eigenvalue weighted by Gasteiger charge is -2.28. The molecule has 3 amide bonds. The van der Waals surface area contributed by atoms with Crippen molar-refractivity contribution in [3.05, 3.63) is 0 Å². The number of unbranched alkanes of at least 4 members (excludes halogenated alkanes) is 1. The van der Waals surface area contributed by atoms with Crippen LogP contribution >= 0.6 is 11.8 Å². The minimum atomic E-state index is -1.64. The number of thioether (sulfide) groups is 1. The second-order valence-corrected chi connectivity index (χ2v) is 9.09. The number of hydrogen-bond donors (Lipinski definition) is 7. The highest BCUT2D eigenvalue weighted by Crippen LogP contribution is 2.11. The van der Waals surface area contributed by atoms with E-state index in [-0.39, 0.29) is 12.3 Å². The van der Waals surface area contributed by atoms with Crippen LogP contribution in [0.5, 0.6) is 0 Å². The zero-order valence-corrected chi connectivity index (χ0v) is 20.9. The molecule has 0 aromatic heterocycles.